The fourth-order valence-corrected chi connectivity index (χ4v) is 6.15. The van der Waals surface area contributed by atoms with Crippen LogP contribution < -0.4 is 0 Å². The van der Waals surface area contributed by atoms with Crippen molar-refractivity contribution in [2.45, 2.75) is 78.1 Å². The van der Waals surface area contributed by atoms with Crippen LogP contribution >= 0.6 is 0 Å². The Morgan fingerprint density at radius 2 is 1.95 bits per heavy atom. The van der Waals surface area contributed by atoms with E-state index in [0.717, 1.165) is 61.9 Å². The van der Waals surface area contributed by atoms with Crippen LogP contribution in [0.15, 0.2) is 43.0 Å². The van der Waals surface area contributed by atoms with Gasteiger partial charge in [-0.05, 0) is 86.9 Å². The molecule has 2 aliphatic rings. The molecule has 43 heavy (non-hydrogen) atoms. The SMILES string of the molecule is Cc1c[nH]c2ncc(-c3cc4c(c([C@@H]5CCCN5C(=O)OC(C)(C)C)c3)CN(C(=O)c3cnn(CC(F)F)c3)CC4)cc12. The highest BCUT2D eigenvalue weighted by Crippen LogP contribution is 2.40. The summed E-state index contributed by atoms with van der Waals surface area (Å²) in [7, 11) is 0. The summed E-state index contributed by atoms with van der Waals surface area (Å²) < 4.78 is 32.6. The van der Waals surface area contributed by atoms with Gasteiger partial charge in [0.05, 0.1) is 17.8 Å². The van der Waals surface area contributed by atoms with Crippen molar-refractivity contribution < 1.29 is 23.1 Å². The zero-order chi connectivity index (χ0) is 30.5. The van der Waals surface area contributed by atoms with Crippen molar-refractivity contribution in [3.05, 3.63) is 70.8 Å². The van der Waals surface area contributed by atoms with Gasteiger partial charge in [0.15, 0.2) is 0 Å². The average molecular weight is 591 g/mol. The summed E-state index contributed by atoms with van der Waals surface area (Å²) in [4.78, 5) is 38.2. The topological polar surface area (TPSA) is 96.3 Å². The van der Waals surface area contributed by atoms with E-state index in [2.05, 4.69) is 33.3 Å². The van der Waals surface area contributed by atoms with Crippen molar-refractivity contribution in [3.63, 3.8) is 0 Å². The molecule has 1 aromatic carbocycles. The molecule has 0 radical (unpaired) electrons. The number of aromatic nitrogens is 4. The number of carbonyl (C=O) groups excluding carboxylic acids is 2. The van der Waals surface area contributed by atoms with Gasteiger partial charge in [0.1, 0.15) is 17.8 Å². The number of aryl methyl sites for hydroxylation is 1. The highest BCUT2D eigenvalue weighted by molar-refractivity contribution is 5.94. The van der Waals surface area contributed by atoms with Crippen LogP contribution in [0.4, 0.5) is 13.6 Å². The monoisotopic (exact) mass is 590 g/mol. The molecule has 0 bridgehead atoms. The first kappa shape index (κ1) is 28.8. The van der Waals surface area contributed by atoms with Gasteiger partial charge in [0.25, 0.3) is 12.3 Å². The van der Waals surface area contributed by atoms with E-state index in [4.69, 9.17) is 4.74 Å². The Balaban J connectivity index is 1.39. The van der Waals surface area contributed by atoms with Gasteiger partial charge in [-0.3, -0.25) is 9.48 Å². The molecule has 4 aromatic rings. The largest absolute Gasteiger partial charge is 0.444 e. The number of likely N-dealkylation sites (tertiary alicyclic amines) is 1. The van der Waals surface area contributed by atoms with E-state index in [1.54, 1.807) is 9.80 Å². The van der Waals surface area contributed by atoms with Gasteiger partial charge < -0.3 is 19.5 Å². The maximum Gasteiger partial charge on any atom is 0.410 e. The van der Waals surface area contributed by atoms with E-state index in [0.29, 0.717) is 26.1 Å². The lowest BCUT2D eigenvalue weighted by Gasteiger charge is -2.34. The third kappa shape index (κ3) is 5.85. The fourth-order valence-electron chi connectivity index (χ4n) is 6.15. The Morgan fingerprint density at radius 3 is 2.72 bits per heavy atom. The molecule has 9 nitrogen and oxygen atoms in total. The molecular weight excluding hydrogens is 554 g/mol. The zero-order valence-corrected chi connectivity index (χ0v) is 24.9. The zero-order valence-electron chi connectivity index (χ0n) is 24.9. The predicted molar refractivity (Wildman–Crippen MR) is 158 cm³/mol. The molecule has 0 aliphatic carbocycles. The lowest BCUT2D eigenvalue weighted by atomic mass is 9.86. The predicted octanol–water partition coefficient (Wildman–Crippen LogP) is 6.27. The number of halogens is 2. The van der Waals surface area contributed by atoms with Crippen molar-refractivity contribution in [3.8, 4) is 11.1 Å². The van der Waals surface area contributed by atoms with Gasteiger partial charge in [-0.15, -0.1) is 0 Å². The molecule has 0 spiro atoms. The number of H-pyrrole nitrogens is 1. The van der Waals surface area contributed by atoms with E-state index in [1.165, 1.54) is 12.4 Å². The minimum atomic E-state index is -2.56. The van der Waals surface area contributed by atoms with Gasteiger partial charge in [0.2, 0.25) is 0 Å². The van der Waals surface area contributed by atoms with Crippen molar-refractivity contribution in [1.82, 2.24) is 29.5 Å². The smallest absolute Gasteiger partial charge is 0.410 e. The summed E-state index contributed by atoms with van der Waals surface area (Å²) >= 11 is 0. The van der Waals surface area contributed by atoms with Crippen molar-refractivity contribution in [1.29, 1.82) is 0 Å². The minimum absolute atomic E-state index is 0.210. The number of nitrogens with zero attached hydrogens (tertiary/aromatic N) is 5. The Hall–Kier alpha value is -4.28. The number of fused-ring (bicyclic) bond motifs is 2. The molecule has 0 saturated carbocycles. The van der Waals surface area contributed by atoms with E-state index in [9.17, 15) is 18.4 Å². The number of hydrogen-bond donors (Lipinski definition) is 1. The first-order valence-electron chi connectivity index (χ1n) is 14.7. The summed E-state index contributed by atoms with van der Waals surface area (Å²) in [6, 6.07) is 6.22. The number of carbonyl (C=O) groups is 2. The van der Waals surface area contributed by atoms with E-state index < -0.39 is 18.6 Å². The van der Waals surface area contributed by atoms with Crippen LogP contribution in [0.3, 0.4) is 0 Å². The molecule has 0 unspecified atom stereocenters. The molecule has 3 aromatic heterocycles. The normalized spacial score (nSPS) is 17.1. The lowest BCUT2D eigenvalue weighted by Crippen LogP contribution is -2.39. The first-order valence-corrected chi connectivity index (χ1v) is 14.7. The molecule has 6 rings (SSSR count). The van der Waals surface area contributed by atoms with Crippen molar-refractivity contribution >= 4 is 23.0 Å². The highest BCUT2D eigenvalue weighted by atomic mass is 19.3. The summed E-state index contributed by atoms with van der Waals surface area (Å²) in [5, 5.41) is 5.00. The highest BCUT2D eigenvalue weighted by Gasteiger charge is 2.36. The number of amides is 2. The molecule has 1 fully saturated rings. The summed E-state index contributed by atoms with van der Waals surface area (Å²) in [5.41, 5.74) is 6.70. The van der Waals surface area contributed by atoms with E-state index in [1.807, 2.05) is 40.1 Å². The Labute approximate surface area is 248 Å². The number of benzene rings is 1. The molecule has 2 amide bonds. The molecule has 1 atom stereocenters. The number of ether oxygens (including phenoxy) is 1. The third-order valence-electron chi connectivity index (χ3n) is 8.18. The number of pyridine rings is 1. The number of rotatable bonds is 5. The van der Waals surface area contributed by atoms with Crippen LogP contribution in [0.25, 0.3) is 22.2 Å². The van der Waals surface area contributed by atoms with Gasteiger partial charge in [0, 0.05) is 49.2 Å². The Bertz CT molecular complexity index is 1690. The third-order valence-corrected chi connectivity index (χ3v) is 8.18. The standard InChI is InChI=1S/C32H36F2N6O3/c1-19-13-35-29-24(19)12-22(14-36-29)21-10-20-7-9-38(30(41)23-15-37-39(16-23)18-28(33)34)17-26(20)25(11-21)27-6-5-8-40(27)31(42)43-32(2,3)4/h10-16,27-28H,5-9,17-18H2,1-4H3,(H,35,36)/t27-/m0/s1. The first-order chi connectivity index (χ1) is 20.5. The number of aromatic amines is 1. The van der Waals surface area contributed by atoms with Crippen molar-refractivity contribution in [2.24, 2.45) is 0 Å². The molecular formula is C32H36F2N6O3. The second-order valence-electron chi connectivity index (χ2n) is 12.4. The van der Waals surface area contributed by atoms with Crippen LogP contribution in [0, 0.1) is 6.92 Å². The number of hydrogen-bond acceptors (Lipinski definition) is 5. The molecule has 226 valence electrons. The van der Waals surface area contributed by atoms with Gasteiger partial charge in [-0.1, -0.05) is 6.07 Å². The van der Waals surface area contributed by atoms with Crippen LogP contribution in [-0.2, 0) is 24.2 Å². The molecule has 11 heteroatoms. The summed E-state index contributed by atoms with van der Waals surface area (Å²) in [6.07, 6.45) is 5.85. The van der Waals surface area contributed by atoms with Gasteiger partial charge >= 0.3 is 6.09 Å². The molecule has 1 saturated heterocycles. The number of nitrogens with one attached hydrogen (secondary N) is 1. The summed E-state index contributed by atoms with van der Waals surface area (Å²) in [6.45, 7) is 8.46. The fraction of sp³-hybridized carbons (Fsp3) is 0.438. The van der Waals surface area contributed by atoms with Crippen molar-refractivity contribution in [2.75, 3.05) is 13.1 Å². The second kappa shape index (κ2) is 11.1. The van der Waals surface area contributed by atoms with Gasteiger partial charge in [-0.2, -0.15) is 5.10 Å². The molecule has 1 N–H and O–H groups in total. The summed E-state index contributed by atoms with van der Waals surface area (Å²) in [5.74, 6) is -0.255. The average Bonchev–Trinajstić information content (AvgIpc) is 3.71. The maximum absolute atomic E-state index is 13.5. The molecule has 5 heterocycles. The van der Waals surface area contributed by atoms with Gasteiger partial charge in [-0.25, -0.2) is 18.6 Å². The maximum atomic E-state index is 13.5. The van der Waals surface area contributed by atoms with Crippen LogP contribution in [0.1, 0.15) is 72.3 Å². The minimum Gasteiger partial charge on any atom is -0.444 e. The van der Waals surface area contributed by atoms with Crippen LogP contribution in [0.2, 0.25) is 0 Å². The Morgan fingerprint density at radius 1 is 1.14 bits per heavy atom. The number of alkyl halides is 2. The van der Waals surface area contributed by atoms with E-state index >= 15 is 0 Å². The lowest BCUT2D eigenvalue weighted by molar-refractivity contribution is 0.0222. The second-order valence-corrected chi connectivity index (χ2v) is 12.4. The molecule has 2 aliphatic heterocycles. The Kier molecular flexibility index (Phi) is 7.43. The van der Waals surface area contributed by atoms with E-state index in [-0.39, 0.29) is 23.6 Å². The van der Waals surface area contributed by atoms with Crippen LogP contribution in [0.5, 0.6) is 0 Å². The van der Waals surface area contributed by atoms with Crippen LogP contribution in [-0.4, -0.2) is 66.7 Å². The quantitative estimate of drug-likeness (QED) is 0.296.